The lowest BCUT2D eigenvalue weighted by Crippen LogP contribution is -2.40. The van der Waals surface area contributed by atoms with Gasteiger partial charge in [-0.05, 0) is 24.6 Å². The molecule has 0 aliphatic heterocycles. The molecule has 0 bridgehead atoms. The summed E-state index contributed by atoms with van der Waals surface area (Å²) in [5.74, 6) is 0. The van der Waals surface area contributed by atoms with Gasteiger partial charge in [0.05, 0.1) is 6.33 Å². The lowest BCUT2D eigenvalue weighted by molar-refractivity contribution is -0.691. The molecular weight excluding hydrogens is 258 g/mol. The molecule has 3 heteroatoms. The van der Waals surface area contributed by atoms with Gasteiger partial charge in [-0.3, -0.25) is 0 Å². The third-order valence-electron chi connectivity index (χ3n) is 3.75. The second-order valence-electron chi connectivity index (χ2n) is 5.40. The van der Waals surface area contributed by atoms with Crippen LogP contribution in [0, 0.1) is 13.8 Å². The Hall–Kier alpha value is -2.42. The molecule has 0 fully saturated rings. The highest BCUT2D eigenvalue weighted by atomic mass is 15.0. The van der Waals surface area contributed by atoms with Crippen LogP contribution in [0.5, 0.6) is 0 Å². The van der Waals surface area contributed by atoms with Crippen LogP contribution in [0.25, 0.3) is 11.3 Å². The molecular formula is C18H20N3+. The van der Waals surface area contributed by atoms with Gasteiger partial charge in [-0.2, -0.15) is 4.57 Å². The standard InChI is InChI=1S/C18H20N3/c1-14-10-15(2)21(9-8-17-12-19-13-20-17)18(11-14)16-6-4-3-5-7-16/h3-7,10-13H,8-9H2,1-2H3,(H,19,20)/q+1. The quantitative estimate of drug-likeness (QED) is 0.730. The van der Waals surface area contributed by atoms with Gasteiger partial charge in [0, 0.05) is 42.9 Å². The van der Waals surface area contributed by atoms with Gasteiger partial charge in [-0.1, -0.05) is 18.2 Å². The first-order valence-electron chi connectivity index (χ1n) is 7.28. The van der Waals surface area contributed by atoms with Crippen molar-refractivity contribution in [1.82, 2.24) is 9.97 Å². The molecule has 0 aliphatic rings. The maximum atomic E-state index is 4.09. The Morgan fingerprint density at radius 3 is 2.62 bits per heavy atom. The van der Waals surface area contributed by atoms with Crippen LogP contribution in [0.15, 0.2) is 55.0 Å². The molecule has 0 amide bonds. The van der Waals surface area contributed by atoms with Crippen molar-refractivity contribution in [3.8, 4) is 11.3 Å². The lowest BCUT2D eigenvalue weighted by Gasteiger charge is -2.08. The molecule has 0 atom stereocenters. The van der Waals surface area contributed by atoms with Crippen molar-refractivity contribution in [2.45, 2.75) is 26.8 Å². The number of aromatic amines is 1. The van der Waals surface area contributed by atoms with Crippen LogP contribution in [0.4, 0.5) is 0 Å². The van der Waals surface area contributed by atoms with Crippen molar-refractivity contribution >= 4 is 0 Å². The van der Waals surface area contributed by atoms with Crippen LogP contribution in [-0.4, -0.2) is 9.97 Å². The zero-order valence-electron chi connectivity index (χ0n) is 12.5. The van der Waals surface area contributed by atoms with E-state index in [-0.39, 0.29) is 0 Å². The molecule has 0 spiro atoms. The first kappa shape index (κ1) is 13.6. The maximum Gasteiger partial charge on any atom is 0.212 e. The number of hydrogen-bond acceptors (Lipinski definition) is 1. The number of aryl methyl sites for hydroxylation is 3. The zero-order valence-corrected chi connectivity index (χ0v) is 12.5. The SMILES string of the molecule is Cc1cc(C)[n+](CCc2cnc[nH]2)c(-c2ccccc2)c1. The molecule has 0 saturated carbocycles. The van der Waals surface area contributed by atoms with Crippen molar-refractivity contribution in [2.24, 2.45) is 0 Å². The van der Waals surface area contributed by atoms with Gasteiger partial charge in [0.2, 0.25) is 5.69 Å². The fourth-order valence-electron chi connectivity index (χ4n) is 2.73. The number of imidazole rings is 1. The highest BCUT2D eigenvalue weighted by molar-refractivity contribution is 5.56. The van der Waals surface area contributed by atoms with Crippen molar-refractivity contribution in [3.05, 3.63) is 71.9 Å². The largest absolute Gasteiger partial charge is 0.348 e. The number of benzene rings is 1. The summed E-state index contributed by atoms with van der Waals surface area (Å²) in [6, 6.07) is 15.1. The number of nitrogens with one attached hydrogen (secondary N) is 1. The van der Waals surface area contributed by atoms with E-state index < -0.39 is 0 Å². The van der Waals surface area contributed by atoms with Gasteiger partial charge >= 0.3 is 0 Å². The average molecular weight is 278 g/mol. The Morgan fingerprint density at radius 2 is 1.90 bits per heavy atom. The molecule has 3 rings (SSSR count). The Labute approximate surface area is 125 Å². The van der Waals surface area contributed by atoms with E-state index in [0.29, 0.717) is 0 Å². The van der Waals surface area contributed by atoms with Gasteiger partial charge < -0.3 is 4.98 Å². The van der Waals surface area contributed by atoms with Crippen molar-refractivity contribution in [1.29, 1.82) is 0 Å². The summed E-state index contributed by atoms with van der Waals surface area (Å²) in [6.07, 6.45) is 4.58. The number of nitrogens with zero attached hydrogens (tertiary/aromatic N) is 2. The molecule has 1 N–H and O–H groups in total. The van der Waals surface area contributed by atoms with E-state index in [0.717, 1.165) is 13.0 Å². The second kappa shape index (κ2) is 5.92. The minimum absolute atomic E-state index is 0.943. The highest BCUT2D eigenvalue weighted by Gasteiger charge is 2.17. The molecule has 3 aromatic rings. The molecule has 3 nitrogen and oxygen atoms in total. The third-order valence-corrected chi connectivity index (χ3v) is 3.75. The molecule has 0 saturated heterocycles. The van der Waals surface area contributed by atoms with Crippen molar-refractivity contribution < 1.29 is 4.57 Å². The van der Waals surface area contributed by atoms with Crippen LogP contribution in [-0.2, 0) is 13.0 Å². The Balaban J connectivity index is 1.98. The lowest BCUT2D eigenvalue weighted by atomic mass is 10.1. The van der Waals surface area contributed by atoms with Crippen LogP contribution in [0.2, 0.25) is 0 Å². The minimum atomic E-state index is 0.943. The first-order valence-corrected chi connectivity index (χ1v) is 7.28. The Kier molecular flexibility index (Phi) is 3.82. The molecule has 1 aromatic carbocycles. The van der Waals surface area contributed by atoms with Crippen LogP contribution in [0.3, 0.4) is 0 Å². The monoisotopic (exact) mass is 278 g/mol. The fourth-order valence-corrected chi connectivity index (χ4v) is 2.73. The minimum Gasteiger partial charge on any atom is -0.348 e. The van der Waals surface area contributed by atoms with Gasteiger partial charge in [-0.15, -0.1) is 0 Å². The predicted molar refractivity (Wildman–Crippen MR) is 83.8 cm³/mol. The van der Waals surface area contributed by atoms with E-state index in [1.54, 1.807) is 6.33 Å². The molecule has 0 aliphatic carbocycles. The highest BCUT2D eigenvalue weighted by Crippen LogP contribution is 2.17. The topological polar surface area (TPSA) is 32.6 Å². The summed E-state index contributed by atoms with van der Waals surface area (Å²) in [6.45, 7) is 5.27. The van der Waals surface area contributed by atoms with Crippen LogP contribution < -0.4 is 4.57 Å². The van der Waals surface area contributed by atoms with E-state index in [1.807, 2.05) is 6.20 Å². The average Bonchev–Trinajstić information content (AvgIpc) is 3.00. The molecule has 0 radical (unpaired) electrons. The van der Waals surface area contributed by atoms with Crippen molar-refractivity contribution in [2.75, 3.05) is 0 Å². The zero-order chi connectivity index (χ0) is 14.7. The number of H-pyrrole nitrogens is 1. The maximum absolute atomic E-state index is 4.09. The fraction of sp³-hybridized carbons (Fsp3) is 0.222. The summed E-state index contributed by atoms with van der Waals surface area (Å²) < 4.78 is 2.38. The summed E-state index contributed by atoms with van der Waals surface area (Å²) in [5, 5.41) is 0. The summed E-state index contributed by atoms with van der Waals surface area (Å²) in [7, 11) is 0. The predicted octanol–water partition coefficient (Wildman–Crippen LogP) is 3.22. The number of pyridine rings is 1. The number of hydrogen-bond donors (Lipinski definition) is 1. The first-order chi connectivity index (χ1) is 10.2. The number of aromatic nitrogens is 3. The smallest absolute Gasteiger partial charge is 0.212 e. The van der Waals surface area contributed by atoms with E-state index in [4.69, 9.17) is 0 Å². The van der Waals surface area contributed by atoms with E-state index in [9.17, 15) is 0 Å². The van der Waals surface area contributed by atoms with Gasteiger partial charge in [0.25, 0.3) is 0 Å². The molecule has 2 aromatic heterocycles. The van der Waals surface area contributed by atoms with Crippen molar-refractivity contribution in [3.63, 3.8) is 0 Å². The summed E-state index contributed by atoms with van der Waals surface area (Å²) in [5.41, 5.74) is 6.28. The molecule has 21 heavy (non-hydrogen) atoms. The third kappa shape index (κ3) is 3.02. The summed E-state index contributed by atoms with van der Waals surface area (Å²) >= 11 is 0. The normalized spacial score (nSPS) is 10.8. The molecule has 0 unspecified atom stereocenters. The second-order valence-corrected chi connectivity index (χ2v) is 5.40. The molecule has 2 heterocycles. The Bertz CT molecular complexity index is 716. The van der Waals surface area contributed by atoms with E-state index in [1.165, 1.54) is 28.2 Å². The van der Waals surface area contributed by atoms with E-state index in [2.05, 4.69) is 70.8 Å². The Morgan fingerprint density at radius 1 is 1.10 bits per heavy atom. The van der Waals surface area contributed by atoms with Crippen LogP contribution >= 0.6 is 0 Å². The number of rotatable bonds is 4. The van der Waals surface area contributed by atoms with Crippen LogP contribution in [0.1, 0.15) is 17.0 Å². The van der Waals surface area contributed by atoms with E-state index >= 15 is 0 Å². The van der Waals surface area contributed by atoms with Gasteiger partial charge in [-0.25, -0.2) is 4.98 Å². The van der Waals surface area contributed by atoms with Gasteiger partial charge in [0.1, 0.15) is 0 Å². The van der Waals surface area contributed by atoms with Gasteiger partial charge in [0.15, 0.2) is 12.2 Å². The summed E-state index contributed by atoms with van der Waals surface area (Å²) in [4.78, 5) is 7.26. The molecule has 106 valence electrons.